The van der Waals surface area contributed by atoms with Crippen LogP contribution < -0.4 is 5.32 Å². The lowest BCUT2D eigenvalue weighted by Crippen LogP contribution is -2.29. The summed E-state index contributed by atoms with van der Waals surface area (Å²) in [6.45, 7) is 8.12. The summed E-state index contributed by atoms with van der Waals surface area (Å²) in [5.41, 5.74) is -0.456. The smallest absolute Gasteiger partial charge is 0.319 e. The second-order valence-electron chi connectivity index (χ2n) is 3.85. The van der Waals surface area contributed by atoms with Crippen LogP contribution in [0, 0.1) is 0 Å². The van der Waals surface area contributed by atoms with Gasteiger partial charge in [0.1, 0.15) is 5.60 Å². The number of carbonyl (C=O) groups excluding carboxylic acids is 1. The topological polar surface area (TPSA) is 47.6 Å². The van der Waals surface area contributed by atoms with Crippen LogP contribution in [-0.4, -0.2) is 18.2 Å². The summed E-state index contributed by atoms with van der Waals surface area (Å²) in [4.78, 5) is 20.2. The molecule has 0 rings (SSSR count). The summed E-state index contributed by atoms with van der Waals surface area (Å²) in [5, 5.41) is 2.57. The standard InChI is InChI=1S/C9H19NO3/c1-5-6-7-10-8(11)12-13-9(2,3)4/h5-7H2,1-4H3,(H,10,11). The van der Waals surface area contributed by atoms with E-state index in [1.807, 2.05) is 20.8 Å². The number of unbranched alkanes of at least 4 members (excludes halogenated alkanes) is 1. The van der Waals surface area contributed by atoms with Gasteiger partial charge in [0.25, 0.3) is 0 Å². The van der Waals surface area contributed by atoms with Gasteiger partial charge in [-0.1, -0.05) is 13.3 Å². The first-order valence-electron chi connectivity index (χ1n) is 4.59. The molecule has 4 nitrogen and oxygen atoms in total. The van der Waals surface area contributed by atoms with Crippen molar-refractivity contribution in [3.8, 4) is 0 Å². The molecule has 4 heteroatoms. The third-order valence-electron chi connectivity index (χ3n) is 1.17. The van der Waals surface area contributed by atoms with Gasteiger partial charge in [-0.2, -0.15) is 4.89 Å². The summed E-state index contributed by atoms with van der Waals surface area (Å²) >= 11 is 0. The molecule has 1 N–H and O–H groups in total. The average Bonchev–Trinajstić information content (AvgIpc) is 2.00. The molecular weight excluding hydrogens is 170 g/mol. The Morgan fingerprint density at radius 2 is 2.00 bits per heavy atom. The minimum Gasteiger partial charge on any atom is -0.319 e. The van der Waals surface area contributed by atoms with Gasteiger partial charge in [-0.3, -0.25) is 4.89 Å². The molecule has 0 aromatic rings. The SMILES string of the molecule is CCCCNC(=O)OOC(C)(C)C. The molecule has 0 saturated heterocycles. The zero-order valence-electron chi connectivity index (χ0n) is 8.85. The number of hydrogen-bond acceptors (Lipinski definition) is 3. The summed E-state index contributed by atoms with van der Waals surface area (Å²) in [5.74, 6) is 0. The van der Waals surface area contributed by atoms with Gasteiger partial charge in [0.2, 0.25) is 0 Å². The monoisotopic (exact) mass is 189 g/mol. The second kappa shape index (κ2) is 5.80. The van der Waals surface area contributed by atoms with Crippen molar-refractivity contribution in [1.82, 2.24) is 5.32 Å². The van der Waals surface area contributed by atoms with Crippen LogP contribution in [0.25, 0.3) is 0 Å². The molecule has 0 aliphatic heterocycles. The fourth-order valence-electron chi connectivity index (χ4n) is 0.560. The van der Waals surface area contributed by atoms with Gasteiger partial charge in [-0.05, 0) is 27.2 Å². The van der Waals surface area contributed by atoms with Crippen LogP contribution in [0.4, 0.5) is 4.79 Å². The van der Waals surface area contributed by atoms with Gasteiger partial charge in [-0.15, -0.1) is 0 Å². The molecule has 78 valence electrons. The van der Waals surface area contributed by atoms with Crippen molar-refractivity contribution in [3.63, 3.8) is 0 Å². The maximum Gasteiger partial charge on any atom is 0.438 e. The molecular formula is C9H19NO3. The van der Waals surface area contributed by atoms with E-state index >= 15 is 0 Å². The van der Waals surface area contributed by atoms with Crippen molar-refractivity contribution in [3.05, 3.63) is 0 Å². The molecule has 0 aliphatic carbocycles. The van der Waals surface area contributed by atoms with Crippen molar-refractivity contribution in [1.29, 1.82) is 0 Å². The third kappa shape index (κ3) is 9.14. The second-order valence-corrected chi connectivity index (χ2v) is 3.85. The Bertz CT molecular complexity index is 151. The zero-order chi connectivity index (χ0) is 10.3. The van der Waals surface area contributed by atoms with Gasteiger partial charge in [0, 0.05) is 6.54 Å². The van der Waals surface area contributed by atoms with Crippen LogP contribution in [0.3, 0.4) is 0 Å². The molecule has 0 unspecified atom stereocenters. The molecule has 0 heterocycles. The van der Waals surface area contributed by atoms with Crippen molar-refractivity contribution in [2.24, 2.45) is 0 Å². The van der Waals surface area contributed by atoms with E-state index in [-0.39, 0.29) is 0 Å². The van der Waals surface area contributed by atoms with Crippen LogP contribution in [0.2, 0.25) is 0 Å². The first kappa shape index (κ1) is 12.2. The van der Waals surface area contributed by atoms with Crippen LogP contribution in [0.15, 0.2) is 0 Å². The summed E-state index contributed by atoms with van der Waals surface area (Å²) in [6.07, 6.45) is 1.47. The van der Waals surface area contributed by atoms with E-state index in [1.54, 1.807) is 0 Å². The van der Waals surface area contributed by atoms with Gasteiger partial charge < -0.3 is 5.32 Å². The fraction of sp³-hybridized carbons (Fsp3) is 0.889. The normalized spacial score (nSPS) is 11.1. The Hall–Kier alpha value is -0.770. The fourth-order valence-corrected chi connectivity index (χ4v) is 0.560. The minimum absolute atomic E-state index is 0.456. The average molecular weight is 189 g/mol. The molecule has 0 spiro atoms. The number of carbonyl (C=O) groups is 1. The highest BCUT2D eigenvalue weighted by atomic mass is 17.2. The van der Waals surface area contributed by atoms with Crippen LogP contribution >= 0.6 is 0 Å². The molecule has 0 bridgehead atoms. The molecule has 0 atom stereocenters. The highest BCUT2D eigenvalue weighted by molar-refractivity contribution is 5.66. The van der Waals surface area contributed by atoms with Crippen molar-refractivity contribution in [2.75, 3.05) is 6.54 Å². The van der Waals surface area contributed by atoms with Crippen LogP contribution in [0.1, 0.15) is 40.5 Å². The lowest BCUT2D eigenvalue weighted by Gasteiger charge is -2.16. The first-order valence-corrected chi connectivity index (χ1v) is 4.59. The molecule has 1 amide bonds. The van der Waals surface area contributed by atoms with Gasteiger partial charge >= 0.3 is 6.09 Å². The van der Waals surface area contributed by atoms with E-state index in [4.69, 9.17) is 4.89 Å². The molecule has 13 heavy (non-hydrogen) atoms. The van der Waals surface area contributed by atoms with Crippen molar-refractivity contribution < 1.29 is 14.6 Å². The Morgan fingerprint density at radius 1 is 1.38 bits per heavy atom. The quantitative estimate of drug-likeness (QED) is 0.419. The highest BCUT2D eigenvalue weighted by Crippen LogP contribution is 2.06. The Balaban J connectivity index is 3.41. The van der Waals surface area contributed by atoms with E-state index in [9.17, 15) is 4.79 Å². The third-order valence-corrected chi connectivity index (χ3v) is 1.17. The Morgan fingerprint density at radius 3 is 2.46 bits per heavy atom. The number of rotatable bonds is 4. The summed E-state index contributed by atoms with van der Waals surface area (Å²) in [7, 11) is 0. The van der Waals surface area contributed by atoms with Gasteiger partial charge in [0.15, 0.2) is 0 Å². The first-order chi connectivity index (χ1) is 5.95. The predicted octanol–water partition coefficient (Wildman–Crippen LogP) is 2.24. The Labute approximate surface area is 79.5 Å². The summed E-state index contributed by atoms with van der Waals surface area (Å²) < 4.78 is 0. The molecule has 0 aromatic carbocycles. The van der Waals surface area contributed by atoms with Gasteiger partial charge in [-0.25, -0.2) is 4.79 Å². The maximum atomic E-state index is 10.9. The molecule has 0 aromatic heterocycles. The number of nitrogens with one attached hydrogen (secondary N) is 1. The number of hydrogen-bond donors (Lipinski definition) is 1. The maximum absolute atomic E-state index is 10.9. The summed E-state index contributed by atoms with van der Waals surface area (Å²) in [6, 6.07) is 0. The largest absolute Gasteiger partial charge is 0.438 e. The lowest BCUT2D eigenvalue weighted by molar-refractivity contribution is -0.300. The zero-order valence-corrected chi connectivity index (χ0v) is 8.85. The van der Waals surface area contributed by atoms with Crippen molar-refractivity contribution >= 4 is 6.09 Å². The predicted molar refractivity (Wildman–Crippen MR) is 50.2 cm³/mol. The lowest BCUT2D eigenvalue weighted by atomic mass is 10.2. The minimum atomic E-state index is -0.525. The van der Waals surface area contributed by atoms with E-state index in [1.165, 1.54) is 0 Å². The molecule has 0 fully saturated rings. The van der Waals surface area contributed by atoms with E-state index < -0.39 is 11.7 Å². The van der Waals surface area contributed by atoms with Gasteiger partial charge in [0.05, 0.1) is 0 Å². The van der Waals surface area contributed by atoms with E-state index in [0.717, 1.165) is 12.8 Å². The van der Waals surface area contributed by atoms with E-state index in [0.29, 0.717) is 6.54 Å². The molecule has 0 aliphatic rings. The Kier molecular flexibility index (Phi) is 5.46. The molecule has 0 saturated carbocycles. The van der Waals surface area contributed by atoms with Crippen LogP contribution in [0.5, 0.6) is 0 Å². The highest BCUT2D eigenvalue weighted by Gasteiger charge is 2.14. The van der Waals surface area contributed by atoms with Crippen molar-refractivity contribution in [2.45, 2.75) is 46.1 Å². The van der Waals surface area contributed by atoms with E-state index in [2.05, 4.69) is 17.1 Å². The number of amides is 1. The van der Waals surface area contributed by atoms with Crippen LogP contribution in [-0.2, 0) is 9.78 Å². The molecule has 0 radical (unpaired) electrons.